The van der Waals surface area contributed by atoms with Gasteiger partial charge in [-0.15, -0.1) is 11.8 Å². The number of carbonyl (C=O) groups excluding carboxylic acids is 1. The molecule has 1 amide bonds. The molecule has 1 saturated heterocycles. The summed E-state index contributed by atoms with van der Waals surface area (Å²) in [6, 6.07) is 9.56. The number of thioether (sulfide) groups is 1. The molecule has 1 aromatic carbocycles. The van der Waals surface area contributed by atoms with E-state index in [9.17, 15) is 4.79 Å². The van der Waals surface area contributed by atoms with E-state index in [1.54, 1.807) is 11.8 Å². The van der Waals surface area contributed by atoms with Crippen LogP contribution in [0.25, 0.3) is 0 Å². The summed E-state index contributed by atoms with van der Waals surface area (Å²) in [5.74, 6) is 1.05. The molecular weight excluding hydrogens is 182 g/mol. The van der Waals surface area contributed by atoms with E-state index in [-0.39, 0.29) is 10.7 Å². The summed E-state index contributed by atoms with van der Waals surface area (Å²) in [5, 5.41) is 2.88. The maximum atomic E-state index is 11.6. The van der Waals surface area contributed by atoms with Crippen LogP contribution in [0.5, 0.6) is 0 Å². The quantitative estimate of drug-likeness (QED) is 0.729. The number of amides is 1. The Balaban J connectivity index is 2.03. The molecule has 0 bridgehead atoms. The molecule has 1 aliphatic heterocycles. The summed E-state index contributed by atoms with van der Waals surface area (Å²) in [4.78, 5) is 11.6. The van der Waals surface area contributed by atoms with Crippen molar-refractivity contribution in [2.24, 2.45) is 0 Å². The van der Waals surface area contributed by atoms with Gasteiger partial charge in [-0.25, -0.2) is 0 Å². The van der Waals surface area contributed by atoms with Gasteiger partial charge in [0.05, 0.1) is 0 Å². The molecule has 0 saturated carbocycles. The Bertz CT molecular complexity index is 319. The predicted octanol–water partition coefficient (Wildman–Crippen LogP) is 2.13. The molecule has 13 heavy (non-hydrogen) atoms. The van der Waals surface area contributed by atoms with Gasteiger partial charge in [0.15, 0.2) is 0 Å². The van der Waals surface area contributed by atoms with Crippen molar-refractivity contribution in [1.82, 2.24) is 0 Å². The minimum atomic E-state index is -0.171. The zero-order valence-corrected chi connectivity index (χ0v) is 8.23. The minimum absolute atomic E-state index is 0.115. The molecule has 1 heterocycles. The summed E-state index contributed by atoms with van der Waals surface area (Å²) in [7, 11) is 0. The highest BCUT2D eigenvalue weighted by Gasteiger charge is 2.46. The first kappa shape index (κ1) is 8.63. The van der Waals surface area contributed by atoms with Gasteiger partial charge in [0, 0.05) is 11.4 Å². The van der Waals surface area contributed by atoms with E-state index in [1.807, 2.05) is 37.3 Å². The summed E-state index contributed by atoms with van der Waals surface area (Å²) < 4.78 is -0.171. The second-order valence-corrected chi connectivity index (χ2v) is 4.82. The van der Waals surface area contributed by atoms with E-state index in [2.05, 4.69) is 5.32 Å². The third kappa shape index (κ3) is 1.86. The lowest BCUT2D eigenvalue weighted by atomic mass is 10.2. The highest BCUT2D eigenvalue weighted by atomic mass is 32.2. The van der Waals surface area contributed by atoms with Crippen LogP contribution in [-0.2, 0) is 4.79 Å². The smallest absolute Gasteiger partial charge is 0.241 e. The molecule has 0 aromatic heterocycles. The first-order chi connectivity index (χ1) is 6.21. The third-order valence-corrected chi connectivity index (χ3v) is 3.43. The molecule has 1 aliphatic rings. The van der Waals surface area contributed by atoms with Crippen molar-refractivity contribution in [2.75, 3.05) is 11.1 Å². The van der Waals surface area contributed by atoms with Crippen molar-refractivity contribution in [3.8, 4) is 0 Å². The van der Waals surface area contributed by atoms with E-state index in [1.165, 1.54) is 0 Å². The molecule has 1 fully saturated rings. The van der Waals surface area contributed by atoms with Crippen molar-refractivity contribution in [3.63, 3.8) is 0 Å². The zero-order valence-electron chi connectivity index (χ0n) is 7.41. The molecular formula is C10H11NOS. The van der Waals surface area contributed by atoms with Crippen molar-refractivity contribution in [2.45, 2.75) is 11.7 Å². The van der Waals surface area contributed by atoms with Crippen molar-refractivity contribution in [1.29, 1.82) is 0 Å². The van der Waals surface area contributed by atoms with Gasteiger partial charge in [0.2, 0.25) is 5.91 Å². The lowest BCUT2D eigenvalue weighted by molar-refractivity contribution is -0.116. The number of benzene rings is 1. The molecule has 1 N–H and O–H groups in total. The molecule has 0 aliphatic carbocycles. The predicted molar refractivity (Wildman–Crippen MR) is 55.9 cm³/mol. The first-order valence-corrected chi connectivity index (χ1v) is 5.20. The Kier molecular flexibility index (Phi) is 2.04. The lowest BCUT2D eigenvalue weighted by Gasteiger charge is -2.07. The largest absolute Gasteiger partial charge is 0.325 e. The van der Waals surface area contributed by atoms with Crippen LogP contribution in [0.15, 0.2) is 30.3 Å². The van der Waals surface area contributed by atoms with Crippen molar-refractivity contribution >= 4 is 23.4 Å². The van der Waals surface area contributed by atoms with Crippen molar-refractivity contribution < 1.29 is 4.79 Å². The number of hydrogen-bond donors (Lipinski definition) is 1. The fourth-order valence-corrected chi connectivity index (χ4v) is 1.55. The van der Waals surface area contributed by atoms with Gasteiger partial charge < -0.3 is 5.32 Å². The van der Waals surface area contributed by atoms with Gasteiger partial charge in [-0.2, -0.15) is 0 Å². The molecule has 3 heteroatoms. The highest BCUT2D eigenvalue weighted by molar-refractivity contribution is 8.08. The number of carbonyl (C=O) groups is 1. The molecule has 68 valence electrons. The maximum Gasteiger partial charge on any atom is 0.241 e. The molecule has 2 nitrogen and oxygen atoms in total. The van der Waals surface area contributed by atoms with Crippen LogP contribution < -0.4 is 5.32 Å². The average molecular weight is 193 g/mol. The number of anilines is 1. The normalized spacial score (nSPS) is 25.3. The summed E-state index contributed by atoms with van der Waals surface area (Å²) in [6.45, 7) is 1.97. The SMILES string of the molecule is C[C@]1(C(=O)Nc2ccccc2)CS1. The van der Waals surface area contributed by atoms with Crippen LogP contribution in [0.1, 0.15) is 6.92 Å². The fraction of sp³-hybridized carbons (Fsp3) is 0.300. The number of nitrogens with one attached hydrogen (secondary N) is 1. The summed E-state index contributed by atoms with van der Waals surface area (Å²) >= 11 is 1.69. The van der Waals surface area contributed by atoms with Gasteiger partial charge in [0.1, 0.15) is 4.75 Å². The molecule has 1 aromatic rings. The summed E-state index contributed by atoms with van der Waals surface area (Å²) in [5.41, 5.74) is 0.876. The Morgan fingerprint density at radius 2 is 2.08 bits per heavy atom. The van der Waals surface area contributed by atoms with E-state index < -0.39 is 0 Å². The van der Waals surface area contributed by atoms with Crippen LogP contribution in [-0.4, -0.2) is 16.4 Å². The molecule has 0 spiro atoms. The molecule has 2 rings (SSSR count). The van der Waals surface area contributed by atoms with Gasteiger partial charge in [-0.3, -0.25) is 4.79 Å². The fourth-order valence-electron chi connectivity index (χ4n) is 1.02. The lowest BCUT2D eigenvalue weighted by Crippen LogP contribution is -2.26. The summed E-state index contributed by atoms with van der Waals surface area (Å²) in [6.07, 6.45) is 0. The topological polar surface area (TPSA) is 29.1 Å². The second-order valence-electron chi connectivity index (χ2n) is 3.34. The van der Waals surface area contributed by atoms with E-state index in [0.29, 0.717) is 0 Å². The van der Waals surface area contributed by atoms with E-state index in [4.69, 9.17) is 0 Å². The first-order valence-electron chi connectivity index (χ1n) is 4.21. The van der Waals surface area contributed by atoms with Gasteiger partial charge in [0.25, 0.3) is 0 Å². The van der Waals surface area contributed by atoms with Gasteiger partial charge >= 0.3 is 0 Å². The average Bonchev–Trinajstić information content (AvgIpc) is 2.87. The zero-order chi connectivity index (χ0) is 9.31. The minimum Gasteiger partial charge on any atom is -0.325 e. The monoisotopic (exact) mass is 193 g/mol. The number of rotatable bonds is 2. The Labute approximate surface area is 81.7 Å². The van der Waals surface area contributed by atoms with Crippen LogP contribution >= 0.6 is 11.8 Å². The Hall–Kier alpha value is -0.960. The molecule has 0 unspecified atom stereocenters. The molecule has 1 atom stereocenters. The Morgan fingerprint density at radius 1 is 1.46 bits per heavy atom. The van der Waals surface area contributed by atoms with Crippen LogP contribution in [0, 0.1) is 0 Å². The van der Waals surface area contributed by atoms with Crippen LogP contribution in [0.3, 0.4) is 0 Å². The van der Waals surface area contributed by atoms with Crippen molar-refractivity contribution in [3.05, 3.63) is 30.3 Å². The standard InChI is InChI=1S/C10H11NOS/c1-10(7-13-10)9(12)11-8-5-3-2-4-6-8/h2-6H,7H2,1H3,(H,11,12)/t10-/m1/s1. The van der Waals surface area contributed by atoms with E-state index in [0.717, 1.165) is 11.4 Å². The highest BCUT2D eigenvalue weighted by Crippen LogP contribution is 2.44. The second kappa shape index (κ2) is 3.07. The number of hydrogen-bond acceptors (Lipinski definition) is 2. The van der Waals surface area contributed by atoms with Crippen LogP contribution in [0.2, 0.25) is 0 Å². The Morgan fingerprint density at radius 3 is 2.62 bits per heavy atom. The number of para-hydroxylation sites is 1. The molecule has 0 radical (unpaired) electrons. The van der Waals surface area contributed by atoms with Gasteiger partial charge in [-0.05, 0) is 19.1 Å². The van der Waals surface area contributed by atoms with E-state index >= 15 is 0 Å². The maximum absolute atomic E-state index is 11.6. The van der Waals surface area contributed by atoms with Gasteiger partial charge in [-0.1, -0.05) is 18.2 Å². The van der Waals surface area contributed by atoms with Crippen LogP contribution in [0.4, 0.5) is 5.69 Å². The third-order valence-electron chi connectivity index (χ3n) is 2.09.